The van der Waals surface area contributed by atoms with Crippen LogP contribution < -0.4 is 14.4 Å². The number of benzene rings is 1. The molecule has 1 aromatic heterocycles. The van der Waals surface area contributed by atoms with Crippen LogP contribution >= 0.6 is 34.7 Å². The number of nitrogens with one attached hydrogen (secondary N) is 1. The van der Waals surface area contributed by atoms with E-state index in [-0.39, 0.29) is 17.1 Å². The number of anilines is 2. The first-order valence-corrected chi connectivity index (χ1v) is 12.4. The number of carbonyl (C=O) groups is 1. The zero-order chi connectivity index (χ0) is 21.6. The molecule has 158 valence electrons. The summed E-state index contributed by atoms with van der Waals surface area (Å²) >= 11 is 8.80. The molecule has 2 rings (SSSR count). The zero-order valence-corrected chi connectivity index (χ0v) is 19.3. The molecule has 2 aromatic rings. The maximum Gasteiger partial charge on any atom is 0.250 e. The summed E-state index contributed by atoms with van der Waals surface area (Å²) in [6.45, 7) is 5.36. The first-order valence-electron chi connectivity index (χ1n) is 8.42. The summed E-state index contributed by atoms with van der Waals surface area (Å²) in [5.74, 6) is 0.557. The molecule has 12 heteroatoms. The highest BCUT2D eigenvalue weighted by atomic mass is 35.5. The van der Waals surface area contributed by atoms with Crippen molar-refractivity contribution in [3.05, 3.63) is 35.9 Å². The van der Waals surface area contributed by atoms with Crippen molar-refractivity contribution in [3.8, 4) is 5.75 Å². The maximum atomic E-state index is 12.9. The summed E-state index contributed by atoms with van der Waals surface area (Å²) in [7, 11) is -2.32. The molecule has 0 fully saturated rings. The Bertz CT molecular complexity index is 981. The number of amides is 1. The van der Waals surface area contributed by atoms with Gasteiger partial charge in [0.15, 0.2) is 4.34 Å². The first kappa shape index (κ1) is 23.5. The van der Waals surface area contributed by atoms with Gasteiger partial charge in [-0.15, -0.1) is 16.8 Å². The Morgan fingerprint density at radius 3 is 2.76 bits per heavy atom. The van der Waals surface area contributed by atoms with Crippen molar-refractivity contribution >= 4 is 61.4 Å². The van der Waals surface area contributed by atoms with Crippen molar-refractivity contribution in [1.82, 2.24) is 10.2 Å². The highest BCUT2D eigenvalue weighted by Gasteiger charge is 2.32. The number of hydrogen-bond acceptors (Lipinski definition) is 8. The molecule has 0 aliphatic carbocycles. The number of sulfonamides is 1. The van der Waals surface area contributed by atoms with Gasteiger partial charge in [0.25, 0.3) is 0 Å². The number of carbonyl (C=O) groups excluding carboxylic acids is 1. The van der Waals surface area contributed by atoms with Crippen molar-refractivity contribution in [2.45, 2.75) is 23.7 Å². The van der Waals surface area contributed by atoms with Crippen LogP contribution in [0.2, 0.25) is 5.02 Å². The number of hydrogen-bond donors (Lipinski definition) is 1. The van der Waals surface area contributed by atoms with E-state index in [1.165, 1.54) is 42.3 Å². The number of aromatic nitrogens is 2. The monoisotopic (exact) mass is 476 g/mol. The van der Waals surface area contributed by atoms with E-state index in [0.717, 1.165) is 10.6 Å². The van der Waals surface area contributed by atoms with Crippen molar-refractivity contribution < 1.29 is 17.9 Å². The molecule has 0 spiro atoms. The highest BCUT2D eigenvalue weighted by molar-refractivity contribution is 8.01. The van der Waals surface area contributed by atoms with E-state index in [0.29, 0.717) is 21.0 Å². The lowest BCUT2D eigenvalue weighted by molar-refractivity contribution is -0.117. The van der Waals surface area contributed by atoms with Crippen LogP contribution in [-0.4, -0.2) is 49.7 Å². The van der Waals surface area contributed by atoms with Crippen LogP contribution in [0.3, 0.4) is 0 Å². The van der Waals surface area contributed by atoms with Crippen molar-refractivity contribution in [3.63, 3.8) is 0 Å². The zero-order valence-electron chi connectivity index (χ0n) is 16.1. The van der Waals surface area contributed by atoms with Gasteiger partial charge in [0.05, 0.1) is 24.1 Å². The fraction of sp³-hybridized carbons (Fsp3) is 0.353. The molecular formula is C17H21ClN4O4S3. The van der Waals surface area contributed by atoms with E-state index < -0.39 is 22.0 Å². The molecule has 8 nitrogen and oxygen atoms in total. The third-order valence-electron chi connectivity index (χ3n) is 3.68. The standard InChI is InChI=1S/C17H21ClN4O4S3/c1-5-9-27-17-21-20-16(28-17)19-15(23)13(6-2)22(29(4,24)25)11-7-8-14(26-3)12(18)10-11/h5,7-8,10,13H,1,6,9H2,2-4H3,(H,19,20,23). The third kappa shape index (κ3) is 6.08. The molecule has 29 heavy (non-hydrogen) atoms. The van der Waals surface area contributed by atoms with Gasteiger partial charge in [-0.2, -0.15) is 0 Å². The summed E-state index contributed by atoms with van der Waals surface area (Å²) in [6, 6.07) is 3.54. The second-order valence-corrected chi connectivity index (χ2v) is 10.3. The molecule has 1 atom stereocenters. The fourth-order valence-corrected chi connectivity index (χ4v) is 5.46. The van der Waals surface area contributed by atoms with Gasteiger partial charge in [-0.1, -0.05) is 47.7 Å². The van der Waals surface area contributed by atoms with Gasteiger partial charge >= 0.3 is 0 Å². The number of thioether (sulfide) groups is 1. The number of halogens is 1. The van der Waals surface area contributed by atoms with Crippen molar-refractivity contribution in [2.24, 2.45) is 0 Å². The van der Waals surface area contributed by atoms with Crippen LogP contribution in [0.25, 0.3) is 0 Å². The predicted molar refractivity (Wildman–Crippen MR) is 119 cm³/mol. The minimum Gasteiger partial charge on any atom is -0.495 e. The smallest absolute Gasteiger partial charge is 0.250 e. The fourth-order valence-electron chi connectivity index (χ4n) is 2.49. The Hall–Kier alpha value is -1.82. The predicted octanol–water partition coefficient (Wildman–Crippen LogP) is 3.66. The van der Waals surface area contributed by atoms with Crippen LogP contribution in [0.1, 0.15) is 13.3 Å². The number of methoxy groups -OCH3 is 1. The minimum absolute atomic E-state index is 0.236. The SMILES string of the molecule is C=CCSc1nnc(NC(=O)C(CC)N(c2ccc(OC)c(Cl)c2)S(C)(=O)=O)s1. The Balaban J connectivity index is 2.31. The maximum absolute atomic E-state index is 12.9. The molecule has 1 aromatic carbocycles. The second kappa shape index (κ2) is 10.3. The highest BCUT2D eigenvalue weighted by Crippen LogP contribution is 2.32. The van der Waals surface area contributed by atoms with E-state index in [9.17, 15) is 13.2 Å². The molecule has 0 saturated heterocycles. The van der Waals surface area contributed by atoms with Gasteiger partial charge < -0.3 is 4.74 Å². The lowest BCUT2D eigenvalue weighted by Crippen LogP contribution is -2.47. The van der Waals surface area contributed by atoms with E-state index in [4.69, 9.17) is 16.3 Å². The Morgan fingerprint density at radius 1 is 1.48 bits per heavy atom. The van der Waals surface area contributed by atoms with Gasteiger partial charge in [-0.05, 0) is 24.6 Å². The van der Waals surface area contributed by atoms with Gasteiger partial charge in [0.1, 0.15) is 11.8 Å². The molecule has 1 amide bonds. The molecule has 0 aliphatic rings. The number of ether oxygens (including phenoxy) is 1. The molecule has 1 unspecified atom stereocenters. The molecule has 0 saturated carbocycles. The van der Waals surface area contributed by atoms with Crippen LogP contribution in [-0.2, 0) is 14.8 Å². The summed E-state index contributed by atoms with van der Waals surface area (Å²) in [5, 5.41) is 11.1. The quantitative estimate of drug-likeness (QED) is 0.317. The topological polar surface area (TPSA) is 101 Å². The van der Waals surface area contributed by atoms with Crippen LogP contribution in [0, 0.1) is 0 Å². The van der Waals surface area contributed by atoms with E-state index >= 15 is 0 Å². The minimum atomic E-state index is -3.78. The molecule has 1 N–H and O–H groups in total. The number of nitrogens with zero attached hydrogens (tertiary/aromatic N) is 3. The Labute approximate surface area is 183 Å². The largest absolute Gasteiger partial charge is 0.495 e. The van der Waals surface area contributed by atoms with E-state index in [1.54, 1.807) is 19.1 Å². The summed E-state index contributed by atoms with van der Waals surface area (Å²) in [6.07, 6.45) is 3.01. The molecule has 0 radical (unpaired) electrons. The van der Waals surface area contributed by atoms with Crippen LogP contribution in [0.5, 0.6) is 5.75 Å². The van der Waals surface area contributed by atoms with Crippen LogP contribution in [0.15, 0.2) is 35.2 Å². The average Bonchev–Trinajstić information content (AvgIpc) is 3.10. The molecule has 0 aliphatic heterocycles. The van der Waals surface area contributed by atoms with Gasteiger partial charge in [0.2, 0.25) is 21.1 Å². The molecular weight excluding hydrogens is 456 g/mol. The number of rotatable bonds is 10. The molecule has 1 heterocycles. The van der Waals surface area contributed by atoms with Crippen molar-refractivity contribution in [2.75, 3.05) is 28.7 Å². The molecule has 0 bridgehead atoms. The Morgan fingerprint density at radius 2 is 2.21 bits per heavy atom. The Kier molecular flexibility index (Phi) is 8.32. The first-order chi connectivity index (χ1) is 13.7. The van der Waals surface area contributed by atoms with E-state index in [2.05, 4.69) is 22.1 Å². The van der Waals surface area contributed by atoms with Gasteiger partial charge in [-0.3, -0.25) is 14.4 Å². The van der Waals surface area contributed by atoms with Gasteiger partial charge in [0, 0.05) is 5.75 Å². The normalized spacial score (nSPS) is 12.3. The second-order valence-electron chi connectivity index (χ2n) is 5.76. The average molecular weight is 477 g/mol. The summed E-state index contributed by atoms with van der Waals surface area (Å²) < 4.78 is 31.8. The third-order valence-corrected chi connectivity index (χ3v) is 7.12. The van der Waals surface area contributed by atoms with Crippen molar-refractivity contribution in [1.29, 1.82) is 0 Å². The van der Waals surface area contributed by atoms with Gasteiger partial charge in [-0.25, -0.2) is 8.42 Å². The van der Waals surface area contributed by atoms with Crippen LogP contribution in [0.4, 0.5) is 10.8 Å². The van der Waals surface area contributed by atoms with E-state index in [1.807, 2.05) is 0 Å². The lowest BCUT2D eigenvalue weighted by Gasteiger charge is -2.30. The lowest BCUT2D eigenvalue weighted by atomic mass is 10.2. The summed E-state index contributed by atoms with van der Waals surface area (Å²) in [5.41, 5.74) is 0.264. The summed E-state index contributed by atoms with van der Waals surface area (Å²) in [4.78, 5) is 12.9.